The van der Waals surface area contributed by atoms with Crippen molar-refractivity contribution in [3.63, 3.8) is 0 Å². The van der Waals surface area contributed by atoms with Gasteiger partial charge in [-0.2, -0.15) is 0 Å². The summed E-state index contributed by atoms with van der Waals surface area (Å²) < 4.78 is 0. The minimum absolute atomic E-state index is 1.04. The van der Waals surface area contributed by atoms with E-state index in [0.29, 0.717) is 0 Å². The predicted octanol–water partition coefficient (Wildman–Crippen LogP) is 1.58. The Kier molecular flexibility index (Phi) is 5.27. The first-order chi connectivity index (χ1) is 6.86. The van der Waals surface area contributed by atoms with Gasteiger partial charge < -0.3 is 5.32 Å². The lowest BCUT2D eigenvalue weighted by Crippen LogP contribution is -2.44. The summed E-state index contributed by atoms with van der Waals surface area (Å²) in [5.41, 5.74) is 1.34. The van der Waals surface area contributed by atoms with Crippen molar-refractivity contribution in [2.24, 2.45) is 0 Å². The Labute approximate surface area is 87.0 Å². The molecular formula is C12H20N2. The minimum atomic E-state index is 1.04. The molecule has 1 heterocycles. The molecule has 0 aromatic rings. The smallest absolute Gasteiger partial charge is 0.0234 e. The zero-order chi connectivity index (χ0) is 10.2. The molecule has 0 aromatic carbocycles. The fraction of sp³-hybridized carbons (Fsp3) is 0.500. The summed E-state index contributed by atoms with van der Waals surface area (Å²) >= 11 is 0. The van der Waals surface area contributed by atoms with Crippen LogP contribution < -0.4 is 5.32 Å². The summed E-state index contributed by atoms with van der Waals surface area (Å²) in [6, 6.07) is 0. The zero-order valence-electron chi connectivity index (χ0n) is 9.00. The minimum Gasteiger partial charge on any atom is -0.314 e. The van der Waals surface area contributed by atoms with Crippen LogP contribution in [0.2, 0.25) is 0 Å². The number of nitrogens with zero attached hydrogens (tertiary/aromatic N) is 1. The molecule has 14 heavy (non-hydrogen) atoms. The summed E-state index contributed by atoms with van der Waals surface area (Å²) in [5, 5.41) is 3.35. The molecule has 0 spiro atoms. The summed E-state index contributed by atoms with van der Waals surface area (Å²) in [5.74, 6) is 0. The molecule has 1 saturated heterocycles. The van der Waals surface area contributed by atoms with E-state index in [1.54, 1.807) is 0 Å². The number of nitrogens with one attached hydrogen (secondary N) is 1. The van der Waals surface area contributed by atoms with Crippen molar-refractivity contribution in [1.82, 2.24) is 10.2 Å². The number of hydrogen-bond donors (Lipinski definition) is 1. The lowest BCUT2D eigenvalue weighted by Gasteiger charge is -2.27. The number of hydrogen-bond acceptors (Lipinski definition) is 2. The highest BCUT2D eigenvalue weighted by atomic mass is 15.2. The standard InChI is InChI=1S/C12H20N2/c1-3-5-12(6-4-2)11-14-9-7-13-8-10-14/h3-6,13H,1,7-11H2,2H3/b6-4-,12-5+. The zero-order valence-corrected chi connectivity index (χ0v) is 9.00. The quantitative estimate of drug-likeness (QED) is 0.680. The number of piperazine rings is 1. The van der Waals surface area contributed by atoms with Crippen LogP contribution in [0.4, 0.5) is 0 Å². The van der Waals surface area contributed by atoms with Crippen LogP contribution in [0.25, 0.3) is 0 Å². The Morgan fingerprint density at radius 2 is 2.14 bits per heavy atom. The second-order valence-electron chi connectivity index (χ2n) is 3.50. The third-order valence-electron chi connectivity index (χ3n) is 2.33. The van der Waals surface area contributed by atoms with Crippen LogP contribution >= 0.6 is 0 Å². The molecule has 78 valence electrons. The Morgan fingerprint density at radius 1 is 1.43 bits per heavy atom. The Balaban J connectivity index is 2.45. The highest BCUT2D eigenvalue weighted by Crippen LogP contribution is 2.03. The summed E-state index contributed by atoms with van der Waals surface area (Å²) in [7, 11) is 0. The van der Waals surface area contributed by atoms with E-state index in [4.69, 9.17) is 0 Å². The highest BCUT2D eigenvalue weighted by Gasteiger charge is 2.09. The van der Waals surface area contributed by atoms with E-state index in [-0.39, 0.29) is 0 Å². The maximum Gasteiger partial charge on any atom is 0.0234 e. The number of rotatable bonds is 4. The first kappa shape index (κ1) is 11.2. The molecule has 0 atom stereocenters. The molecule has 0 radical (unpaired) electrons. The molecule has 1 N–H and O–H groups in total. The van der Waals surface area contributed by atoms with Crippen LogP contribution in [0.1, 0.15) is 6.92 Å². The normalized spacial score (nSPS) is 20.2. The summed E-state index contributed by atoms with van der Waals surface area (Å²) in [4.78, 5) is 2.46. The molecule has 0 saturated carbocycles. The van der Waals surface area contributed by atoms with E-state index >= 15 is 0 Å². The molecule has 0 bridgehead atoms. The van der Waals surface area contributed by atoms with Gasteiger partial charge in [0.2, 0.25) is 0 Å². The highest BCUT2D eigenvalue weighted by molar-refractivity contribution is 5.24. The van der Waals surface area contributed by atoms with Crippen LogP contribution in [0, 0.1) is 0 Å². The van der Waals surface area contributed by atoms with E-state index in [1.165, 1.54) is 5.57 Å². The van der Waals surface area contributed by atoms with Crippen molar-refractivity contribution in [1.29, 1.82) is 0 Å². The average molecular weight is 192 g/mol. The fourth-order valence-electron chi connectivity index (χ4n) is 1.65. The lowest BCUT2D eigenvalue weighted by molar-refractivity contribution is 0.261. The Bertz CT molecular complexity index is 222. The van der Waals surface area contributed by atoms with E-state index in [2.05, 4.69) is 41.9 Å². The Hall–Kier alpha value is -0.860. The van der Waals surface area contributed by atoms with Crippen LogP contribution in [0.3, 0.4) is 0 Å². The van der Waals surface area contributed by atoms with Crippen molar-refractivity contribution in [3.05, 3.63) is 36.5 Å². The van der Waals surface area contributed by atoms with Gasteiger partial charge in [-0.25, -0.2) is 0 Å². The molecule has 2 heteroatoms. The van der Waals surface area contributed by atoms with Crippen LogP contribution in [0.15, 0.2) is 36.5 Å². The van der Waals surface area contributed by atoms with Gasteiger partial charge in [-0.3, -0.25) is 4.90 Å². The molecule has 1 aliphatic rings. The average Bonchev–Trinajstić information content (AvgIpc) is 2.20. The van der Waals surface area contributed by atoms with E-state index in [0.717, 1.165) is 32.7 Å². The van der Waals surface area contributed by atoms with Crippen LogP contribution in [0.5, 0.6) is 0 Å². The van der Waals surface area contributed by atoms with Crippen molar-refractivity contribution < 1.29 is 0 Å². The molecule has 0 aromatic heterocycles. The molecule has 0 aliphatic carbocycles. The summed E-state index contributed by atoms with van der Waals surface area (Å²) in [6.45, 7) is 11.3. The van der Waals surface area contributed by atoms with Crippen molar-refractivity contribution in [2.75, 3.05) is 32.7 Å². The van der Waals surface area contributed by atoms with Gasteiger partial charge in [0.1, 0.15) is 0 Å². The van der Waals surface area contributed by atoms with Gasteiger partial charge in [0.25, 0.3) is 0 Å². The third-order valence-corrected chi connectivity index (χ3v) is 2.33. The molecule has 0 amide bonds. The van der Waals surface area contributed by atoms with Crippen LogP contribution in [-0.2, 0) is 0 Å². The lowest BCUT2D eigenvalue weighted by atomic mass is 10.2. The van der Waals surface area contributed by atoms with E-state index in [9.17, 15) is 0 Å². The Morgan fingerprint density at radius 3 is 2.71 bits per heavy atom. The molecule has 2 nitrogen and oxygen atoms in total. The molecule has 1 fully saturated rings. The van der Waals surface area contributed by atoms with Gasteiger partial charge in [-0.15, -0.1) is 0 Å². The number of allylic oxidation sites excluding steroid dienone is 3. The van der Waals surface area contributed by atoms with E-state index < -0.39 is 0 Å². The maximum absolute atomic E-state index is 3.73. The van der Waals surface area contributed by atoms with Gasteiger partial charge in [0, 0.05) is 32.7 Å². The van der Waals surface area contributed by atoms with Gasteiger partial charge in [-0.1, -0.05) is 30.9 Å². The fourth-order valence-corrected chi connectivity index (χ4v) is 1.65. The van der Waals surface area contributed by atoms with Crippen molar-refractivity contribution in [3.8, 4) is 0 Å². The SMILES string of the molecule is C=C/C=C(\C=C/C)CN1CCNCC1. The van der Waals surface area contributed by atoms with Gasteiger partial charge in [0.05, 0.1) is 0 Å². The first-order valence-electron chi connectivity index (χ1n) is 5.24. The second kappa shape index (κ2) is 6.57. The monoisotopic (exact) mass is 192 g/mol. The summed E-state index contributed by atoms with van der Waals surface area (Å²) in [6.07, 6.45) is 8.18. The van der Waals surface area contributed by atoms with Gasteiger partial charge in [-0.05, 0) is 12.5 Å². The molecule has 1 aliphatic heterocycles. The predicted molar refractivity (Wildman–Crippen MR) is 62.4 cm³/mol. The molecule has 0 unspecified atom stereocenters. The topological polar surface area (TPSA) is 15.3 Å². The van der Waals surface area contributed by atoms with E-state index in [1.807, 2.05) is 6.08 Å². The molecule has 1 rings (SSSR count). The van der Waals surface area contributed by atoms with Gasteiger partial charge in [0.15, 0.2) is 0 Å². The third kappa shape index (κ3) is 3.90. The maximum atomic E-state index is 3.73. The first-order valence-corrected chi connectivity index (χ1v) is 5.24. The van der Waals surface area contributed by atoms with Gasteiger partial charge >= 0.3 is 0 Å². The molecular weight excluding hydrogens is 172 g/mol. The van der Waals surface area contributed by atoms with Crippen LogP contribution in [-0.4, -0.2) is 37.6 Å². The van der Waals surface area contributed by atoms with Crippen molar-refractivity contribution >= 4 is 0 Å². The second-order valence-corrected chi connectivity index (χ2v) is 3.50. The largest absolute Gasteiger partial charge is 0.314 e. The van der Waals surface area contributed by atoms with Crippen molar-refractivity contribution in [2.45, 2.75) is 6.92 Å².